The summed E-state index contributed by atoms with van der Waals surface area (Å²) in [5.74, 6) is -0.606. The Labute approximate surface area is 207 Å². The maximum atomic E-state index is 13.6. The summed E-state index contributed by atoms with van der Waals surface area (Å²) < 4.78 is 45.6. The van der Waals surface area contributed by atoms with Crippen molar-refractivity contribution in [3.05, 3.63) is 78.2 Å². The molecule has 0 N–H and O–H groups in total. The SMILES string of the molecule is COC(=O)CC1CCC(c2ccc(-c3ccc(C(=O)N(c4cccnc4)C(F)(F)F)cn3)cc2)CC1. The Morgan fingerprint density at radius 3 is 2.28 bits per heavy atom. The molecule has 1 aliphatic carbocycles. The molecule has 2 heterocycles. The van der Waals surface area contributed by atoms with Crippen LogP contribution < -0.4 is 4.90 Å². The molecule has 0 unspecified atom stereocenters. The molecule has 6 nitrogen and oxygen atoms in total. The van der Waals surface area contributed by atoms with E-state index in [0.29, 0.717) is 24.0 Å². The molecule has 1 amide bonds. The number of rotatable bonds is 6. The number of hydrogen-bond acceptors (Lipinski definition) is 5. The van der Waals surface area contributed by atoms with Crippen molar-refractivity contribution < 1.29 is 27.5 Å². The number of esters is 1. The molecular weight excluding hydrogens is 471 g/mol. The minimum absolute atomic E-state index is 0.161. The summed E-state index contributed by atoms with van der Waals surface area (Å²) in [4.78, 5) is 31.9. The average Bonchev–Trinajstić information content (AvgIpc) is 2.89. The van der Waals surface area contributed by atoms with Crippen molar-refractivity contribution in [2.45, 2.75) is 44.3 Å². The number of hydrogen-bond donors (Lipinski definition) is 0. The number of carbonyl (C=O) groups excluding carboxylic acids is 2. The van der Waals surface area contributed by atoms with Crippen LogP contribution in [0.1, 0.15) is 53.9 Å². The van der Waals surface area contributed by atoms with E-state index in [1.165, 1.54) is 43.1 Å². The Kier molecular flexibility index (Phi) is 7.67. The largest absolute Gasteiger partial charge is 0.491 e. The lowest BCUT2D eigenvalue weighted by Gasteiger charge is -2.28. The minimum atomic E-state index is -4.91. The zero-order valence-corrected chi connectivity index (χ0v) is 19.7. The molecule has 0 atom stereocenters. The summed E-state index contributed by atoms with van der Waals surface area (Å²) in [6.07, 6.45) is 3.00. The number of methoxy groups -OCH3 is 1. The third kappa shape index (κ3) is 5.90. The number of aromatic nitrogens is 2. The number of halogens is 3. The van der Waals surface area contributed by atoms with Crippen LogP contribution in [0.15, 0.2) is 67.1 Å². The van der Waals surface area contributed by atoms with E-state index < -0.39 is 12.2 Å². The van der Waals surface area contributed by atoms with Crippen LogP contribution in [0.25, 0.3) is 11.3 Å². The van der Waals surface area contributed by atoms with Gasteiger partial charge in [0.1, 0.15) is 0 Å². The van der Waals surface area contributed by atoms with Gasteiger partial charge in [0.25, 0.3) is 5.91 Å². The van der Waals surface area contributed by atoms with Gasteiger partial charge in [-0.25, -0.2) is 4.90 Å². The van der Waals surface area contributed by atoms with Gasteiger partial charge in [-0.05, 0) is 67.3 Å². The second-order valence-electron chi connectivity index (χ2n) is 8.87. The quantitative estimate of drug-likeness (QED) is 0.302. The lowest BCUT2D eigenvalue weighted by atomic mass is 9.77. The summed E-state index contributed by atoms with van der Waals surface area (Å²) in [6.45, 7) is 0. The highest BCUT2D eigenvalue weighted by molar-refractivity contribution is 6.06. The van der Waals surface area contributed by atoms with E-state index in [0.717, 1.165) is 43.6 Å². The van der Waals surface area contributed by atoms with Crippen LogP contribution in [0.2, 0.25) is 0 Å². The van der Waals surface area contributed by atoms with Crippen molar-refractivity contribution in [1.82, 2.24) is 9.97 Å². The molecule has 3 aromatic rings. The minimum Gasteiger partial charge on any atom is -0.469 e. The Morgan fingerprint density at radius 2 is 1.72 bits per heavy atom. The lowest BCUT2D eigenvalue weighted by Crippen LogP contribution is -2.43. The number of pyridine rings is 2. The zero-order chi connectivity index (χ0) is 25.7. The molecule has 1 aromatic carbocycles. The topological polar surface area (TPSA) is 72.4 Å². The first-order chi connectivity index (χ1) is 17.3. The highest BCUT2D eigenvalue weighted by Crippen LogP contribution is 2.37. The van der Waals surface area contributed by atoms with Gasteiger partial charge in [-0.15, -0.1) is 13.2 Å². The van der Waals surface area contributed by atoms with Crippen molar-refractivity contribution in [3.63, 3.8) is 0 Å². The number of carbonyl (C=O) groups is 2. The van der Waals surface area contributed by atoms with E-state index in [1.807, 2.05) is 24.3 Å². The molecule has 9 heteroatoms. The van der Waals surface area contributed by atoms with E-state index in [1.54, 1.807) is 0 Å². The van der Waals surface area contributed by atoms with Crippen LogP contribution in [0, 0.1) is 5.92 Å². The van der Waals surface area contributed by atoms with Crippen LogP contribution >= 0.6 is 0 Å². The molecular formula is C27H26F3N3O3. The van der Waals surface area contributed by atoms with Gasteiger partial charge < -0.3 is 4.74 Å². The molecule has 0 spiro atoms. The van der Waals surface area contributed by atoms with Crippen molar-refractivity contribution in [3.8, 4) is 11.3 Å². The molecule has 36 heavy (non-hydrogen) atoms. The van der Waals surface area contributed by atoms with Crippen LogP contribution in [0.3, 0.4) is 0 Å². The summed E-state index contributed by atoms with van der Waals surface area (Å²) in [7, 11) is 1.41. The predicted octanol–water partition coefficient (Wildman–Crippen LogP) is 6.15. The Hall–Kier alpha value is -3.75. The molecule has 1 fully saturated rings. The molecule has 0 aliphatic heterocycles. The molecule has 1 saturated carbocycles. The number of ether oxygens (including phenoxy) is 1. The third-order valence-electron chi connectivity index (χ3n) is 6.58. The number of benzene rings is 1. The maximum Gasteiger partial charge on any atom is 0.491 e. The fraction of sp³-hybridized carbons (Fsp3) is 0.333. The molecule has 0 bridgehead atoms. The van der Waals surface area contributed by atoms with Crippen LogP contribution in [-0.2, 0) is 9.53 Å². The van der Waals surface area contributed by atoms with Gasteiger partial charge in [-0.3, -0.25) is 19.6 Å². The number of amides is 1. The van der Waals surface area contributed by atoms with Crippen LogP contribution in [0.4, 0.5) is 18.9 Å². The molecule has 188 valence electrons. The Morgan fingerprint density at radius 1 is 1.00 bits per heavy atom. The van der Waals surface area contributed by atoms with Gasteiger partial charge in [0, 0.05) is 24.4 Å². The van der Waals surface area contributed by atoms with E-state index in [9.17, 15) is 22.8 Å². The smallest absolute Gasteiger partial charge is 0.469 e. The number of alkyl halides is 3. The van der Waals surface area contributed by atoms with Gasteiger partial charge in [0.15, 0.2) is 0 Å². The summed E-state index contributed by atoms with van der Waals surface area (Å²) in [5.41, 5.74) is 2.02. The maximum absolute atomic E-state index is 13.6. The Bertz CT molecular complexity index is 1170. The second kappa shape index (κ2) is 10.9. The highest BCUT2D eigenvalue weighted by Gasteiger charge is 2.43. The highest BCUT2D eigenvalue weighted by atomic mass is 19.4. The molecule has 1 aliphatic rings. The number of nitrogens with zero attached hydrogens (tertiary/aromatic N) is 3. The van der Waals surface area contributed by atoms with Crippen molar-refractivity contribution in [2.75, 3.05) is 12.0 Å². The van der Waals surface area contributed by atoms with Crippen LogP contribution in [0.5, 0.6) is 0 Å². The molecule has 4 rings (SSSR count). The molecule has 2 aromatic heterocycles. The Balaban J connectivity index is 1.43. The predicted molar refractivity (Wildman–Crippen MR) is 128 cm³/mol. The van der Waals surface area contributed by atoms with E-state index in [4.69, 9.17) is 4.74 Å². The third-order valence-corrected chi connectivity index (χ3v) is 6.58. The van der Waals surface area contributed by atoms with Gasteiger partial charge in [-0.2, -0.15) is 0 Å². The molecule has 0 saturated heterocycles. The monoisotopic (exact) mass is 497 g/mol. The first-order valence-corrected chi connectivity index (χ1v) is 11.7. The fourth-order valence-electron chi connectivity index (χ4n) is 4.63. The van der Waals surface area contributed by atoms with Gasteiger partial charge in [0.2, 0.25) is 0 Å². The van der Waals surface area contributed by atoms with E-state index >= 15 is 0 Å². The van der Waals surface area contributed by atoms with E-state index in [-0.39, 0.29) is 22.1 Å². The van der Waals surface area contributed by atoms with Crippen LogP contribution in [-0.4, -0.2) is 35.3 Å². The second-order valence-corrected chi connectivity index (χ2v) is 8.87. The first-order valence-electron chi connectivity index (χ1n) is 11.7. The van der Waals surface area contributed by atoms with Crippen molar-refractivity contribution in [2.24, 2.45) is 5.92 Å². The number of anilines is 1. The van der Waals surface area contributed by atoms with Gasteiger partial charge >= 0.3 is 12.3 Å². The lowest BCUT2D eigenvalue weighted by molar-refractivity contribution is -0.142. The first kappa shape index (κ1) is 25.3. The van der Waals surface area contributed by atoms with Gasteiger partial charge in [0.05, 0.1) is 30.3 Å². The summed E-state index contributed by atoms with van der Waals surface area (Å²) in [5, 5.41) is 0. The fourth-order valence-corrected chi connectivity index (χ4v) is 4.63. The standard InChI is InChI=1S/C27H26F3N3O3/c1-36-25(34)15-18-4-6-19(7-5-18)20-8-10-21(11-9-20)24-13-12-22(16-32-24)26(35)33(27(28,29)30)23-3-2-14-31-17-23/h2-3,8-14,16-19H,4-7,15H2,1H3. The van der Waals surface area contributed by atoms with Gasteiger partial charge in [-0.1, -0.05) is 24.3 Å². The normalized spacial score (nSPS) is 17.9. The van der Waals surface area contributed by atoms with Crippen molar-refractivity contribution in [1.29, 1.82) is 0 Å². The summed E-state index contributed by atoms with van der Waals surface area (Å²) >= 11 is 0. The van der Waals surface area contributed by atoms with Crippen molar-refractivity contribution >= 4 is 17.6 Å². The van der Waals surface area contributed by atoms with E-state index in [2.05, 4.69) is 9.97 Å². The zero-order valence-electron chi connectivity index (χ0n) is 19.7. The summed E-state index contributed by atoms with van der Waals surface area (Å²) in [6, 6.07) is 13.3. The average molecular weight is 498 g/mol. The molecule has 0 radical (unpaired) electrons.